The standard InChI is InChI=1S/C14H17NO6/c1-4-19-12(17)14(13(18)20-5-2)11(16)10-9(21-14)7-6-8(3)15-10/h6-7,11,16H,4-5H2,1-3H3. The van der Waals surface area contributed by atoms with Crippen LogP contribution in [0, 0.1) is 6.92 Å². The quantitative estimate of drug-likeness (QED) is 0.644. The summed E-state index contributed by atoms with van der Waals surface area (Å²) in [6.45, 7) is 4.99. The number of pyridine rings is 1. The van der Waals surface area contributed by atoms with Crippen molar-refractivity contribution < 1.29 is 28.9 Å². The lowest BCUT2D eigenvalue weighted by Gasteiger charge is -2.26. The zero-order chi connectivity index (χ0) is 15.6. The first kappa shape index (κ1) is 15.2. The minimum Gasteiger partial charge on any atom is -0.462 e. The predicted molar refractivity (Wildman–Crippen MR) is 70.6 cm³/mol. The molecule has 0 aromatic carbocycles. The van der Waals surface area contributed by atoms with Crippen LogP contribution in [0.1, 0.15) is 31.3 Å². The van der Waals surface area contributed by atoms with Crippen LogP contribution in [0.5, 0.6) is 5.75 Å². The zero-order valence-corrected chi connectivity index (χ0v) is 12.1. The summed E-state index contributed by atoms with van der Waals surface area (Å²) in [4.78, 5) is 28.5. The first-order chi connectivity index (χ1) is 9.97. The minimum atomic E-state index is -2.25. The molecule has 2 rings (SSSR count). The van der Waals surface area contributed by atoms with Crippen molar-refractivity contribution in [1.82, 2.24) is 4.98 Å². The second-order valence-corrected chi connectivity index (χ2v) is 4.52. The summed E-state index contributed by atoms with van der Waals surface area (Å²) in [5.74, 6) is -1.83. The molecule has 7 nitrogen and oxygen atoms in total. The molecule has 0 aliphatic carbocycles. The van der Waals surface area contributed by atoms with Gasteiger partial charge in [-0.3, -0.25) is 4.98 Å². The highest BCUT2D eigenvalue weighted by Gasteiger charge is 2.63. The van der Waals surface area contributed by atoms with Crippen molar-refractivity contribution in [3.8, 4) is 5.75 Å². The molecule has 0 saturated carbocycles. The molecule has 2 heterocycles. The fraction of sp³-hybridized carbons (Fsp3) is 0.500. The Morgan fingerprint density at radius 1 is 1.29 bits per heavy atom. The van der Waals surface area contributed by atoms with Gasteiger partial charge in [0.05, 0.1) is 13.2 Å². The minimum absolute atomic E-state index is 0.0405. The molecule has 0 amide bonds. The number of fused-ring (bicyclic) bond motifs is 1. The van der Waals surface area contributed by atoms with E-state index in [1.54, 1.807) is 32.9 Å². The average molecular weight is 295 g/mol. The highest BCUT2D eigenvalue weighted by molar-refractivity contribution is 6.05. The van der Waals surface area contributed by atoms with Crippen LogP contribution in [0.3, 0.4) is 0 Å². The number of rotatable bonds is 4. The Kier molecular flexibility index (Phi) is 4.13. The maximum absolute atomic E-state index is 12.2. The van der Waals surface area contributed by atoms with E-state index in [0.717, 1.165) is 0 Å². The fourth-order valence-electron chi connectivity index (χ4n) is 2.13. The summed E-state index contributed by atoms with van der Waals surface area (Å²) >= 11 is 0. The molecule has 0 bridgehead atoms. The van der Waals surface area contributed by atoms with Crippen molar-refractivity contribution in [3.63, 3.8) is 0 Å². The lowest BCUT2D eigenvalue weighted by Crippen LogP contribution is -2.55. The largest absolute Gasteiger partial charge is 0.462 e. The average Bonchev–Trinajstić information content (AvgIpc) is 2.74. The first-order valence-corrected chi connectivity index (χ1v) is 6.66. The van der Waals surface area contributed by atoms with Crippen molar-refractivity contribution in [2.24, 2.45) is 0 Å². The van der Waals surface area contributed by atoms with Crippen LogP contribution < -0.4 is 4.74 Å². The highest BCUT2D eigenvalue weighted by atomic mass is 16.6. The number of aromatic nitrogens is 1. The van der Waals surface area contributed by atoms with Crippen LogP contribution in [0.4, 0.5) is 0 Å². The summed E-state index contributed by atoms with van der Waals surface area (Å²) in [5.41, 5.74) is -1.51. The number of aliphatic hydroxyl groups is 1. The van der Waals surface area contributed by atoms with E-state index in [1.165, 1.54) is 0 Å². The van der Waals surface area contributed by atoms with Gasteiger partial charge >= 0.3 is 17.5 Å². The molecule has 0 radical (unpaired) electrons. The third kappa shape index (κ3) is 2.33. The maximum Gasteiger partial charge on any atom is 0.365 e. The third-order valence-electron chi connectivity index (χ3n) is 3.10. The van der Waals surface area contributed by atoms with Crippen molar-refractivity contribution in [3.05, 3.63) is 23.5 Å². The molecule has 1 aromatic heterocycles. The number of esters is 2. The van der Waals surface area contributed by atoms with Gasteiger partial charge in [0.25, 0.3) is 0 Å². The summed E-state index contributed by atoms with van der Waals surface area (Å²) in [6, 6.07) is 3.19. The van der Waals surface area contributed by atoms with E-state index in [2.05, 4.69) is 4.98 Å². The molecule has 114 valence electrons. The van der Waals surface area contributed by atoms with Crippen LogP contribution in [0.15, 0.2) is 12.1 Å². The summed E-state index contributed by atoms with van der Waals surface area (Å²) in [6.07, 6.45) is -1.58. The van der Waals surface area contributed by atoms with E-state index in [1.807, 2.05) is 0 Å². The molecule has 0 saturated heterocycles. The molecule has 0 spiro atoms. The number of aliphatic hydroxyl groups excluding tert-OH is 1. The molecule has 7 heteroatoms. The third-order valence-corrected chi connectivity index (χ3v) is 3.10. The highest BCUT2D eigenvalue weighted by Crippen LogP contribution is 2.43. The second kappa shape index (κ2) is 5.69. The van der Waals surface area contributed by atoms with Crippen molar-refractivity contribution in [2.45, 2.75) is 32.5 Å². The van der Waals surface area contributed by atoms with Gasteiger partial charge in [-0.1, -0.05) is 0 Å². The molecule has 1 atom stereocenters. The van der Waals surface area contributed by atoms with Gasteiger partial charge in [-0.15, -0.1) is 0 Å². The lowest BCUT2D eigenvalue weighted by atomic mass is 9.96. The van der Waals surface area contributed by atoms with Gasteiger partial charge in [0.2, 0.25) is 0 Å². The monoisotopic (exact) mass is 295 g/mol. The number of carbonyl (C=O) groups is 2. The Morgan fingerprint density at radius 2 is 1.86 bits per heavy atom. The SMILES string of the molecule is CCOC(=O)C1(C(=O)OCC)Oc2ccc(C)nc2C1O. The molecule has 1 N–H and O–H groups in total. The Labute approximate surface area is 121 Å². The number of nitrogens with zero attached hydrogens (tertiary/aromatic N) is 1. The van der Waals surface area contributed by atoms with Gasteiger partial charge in [0.15, 0.2) is 6.10 Å². The summed E-state index contributed by atoms with van der Waals surface area (Å²) in [7, 11) is 0. The van der Waals surface area contributed by atoms with Gasteiger partial charge < -0.3 is 19.3 Å². The van der Waals surface area contributed by atoms with E-state index in [-0.39, 0.29) is 24.7 Å². The van der Waals surface area contributed by atoms with Crippen LogP contribution in [0.2, 0.25) is 0 Å². The molecule has 0 fully saturated rings. The van der Waals surface area contributed by atoms with Crippen LogP contribution in [0.25, 0.3) is 0 Å². The molecular formula is C14H17NO6. The fourth-order valence-corrected chi connectivity index (χ4v) is 2.13. The molecule has 1 aliphatic heterocycles. The van der Waals surface area contributed by atoms with E-state index < -0.39 is 23.6 Å². The first-order valence-electron chi connectivity index (χ1n) is 6.66. The Morgan fingerprint density at radius 3 is 2.38 bits per heavy atom. The summed E-state index contributed by atoms with van der Waals surface area (Å²) in [5, 5.41) is 10.4. The Bertz CT molecular complexity index is 553. The summed E-state index contributed by atoms with van der Waals surface area (Å²) < 4.78 is 15.2. The maximum atomic E-state index is 12.2. The van der Waals surface area contributed by atoms with Gasteiger partial charge in [-0.25, -0.2) is 9.59 Å². The van der Waals surface area contributed by atoms with Gasteiger partial charge in [0, 0.05) is 5.69 Å². The van der Waals surface area contributed by atoms with Crippen LogP contribution >= 0.6 is 0 Å². The van der Waals surface area contributed by atoms with Crippen LogP contribution in [-0.4, -0.2) is 40.8 Å². The van der Waals surface area contributed by atoms with Crippen molar-refractivity contribution in [1.29, 1.82) is 0 Å². The van der Waals surface area contributed by atoms with E-state index in [9.17, 15) is 14.7 Å². The van der Waals surface area contributed by atoms with E-state index in [4.69, 9.17) is 14.2 Å². The Balaban J connectivity index is 2.48. The van der Waals surface area contributed by atoms with Gasteiger partial charge in [-0.2, -0.15) is 0 Å². The lowest BCUT2D eigenvalue weighted by molar-refractivity contribution is -0.188. The van der Waals surface area contributed by atoms with Crippen LogP contribution in [-0.2, 0) is 19.1 Å². The zero-order valence-electron chi connectivity index (χ0n) is 12.1. The molecular weight excluding hydrogens is 278 g/mol. The molecule has 1 aromatic rings. The van der Waals surface area contributed by atoms with Gasteiger partial charge in [0.1, 0.15) is 11.4 Å². The number of ether oxygens (including phenoxy) is 3. The van der Waals surface area contributed by atoms with E-state index in [0.29, 0.717) is 5.69 Å². The topological polar surface area (TPSA) is 95.0 Å². The number of hydrogen-bond donors (Lipinski definition) is 1. The predicted octanol–water partition coefficient (Wildman–Crippen LogP) is 0.681. The Hall–Kier alpha value is -2.15. The number of hydrogen-bond acceptors (Lipinski definition) is 7. The normalized spacial score (nSPS) is 18.6. The molecule has 21 heavy (non-hydrogen) atoms. The van der Waals surface area contributed by atoms with Gasteiger partial charge in [-0.05, 0) is 32.9 Å². The van der Waals surface area contributed by atoms with Crippen molar-refractivity contribution in [2.75, 3.05) is 13.2 Å². The second-order valence-electron chi connectivity index (χ2n) is 4.52. The molecule has 1 unspecified atom stereocenters. The van der Waals surface area contributed by atoms with Crippen molar-refractivity contribution >= 4 is 11.9 Å². The van der Waals surface area contributed by atoms with E-state index >= 15 is 0 Å². The number of carbonyl (C=O) groups excluding carboxylic acids is 2. The molecule has 1 aliphatic rings. The number of aryl methyl sites for hydroxylation is 1. The smallest absolute Gasteiger partial charge is 0.365 e.